The van der Waals surface area contributed by atoms with E-state index >= 15 is 0 Å². The maximum Gasteiger partial charge on any atom is 0.143 e. The highest BCUT2D eigenvalue weighted by molar-refractivity contribution is 6.09. The molecule has 56 heavy (non-hydrogen) atoms. The summed E-state index contributed by atoms with van der Waals surface area (Å²) in [5.41, 5.74) is 18.2. The van der Waals surface area contributed by atoms with Crippen molar-refractivity contribution in [3.8, 4) is 44.5 Å². The second-order valence-corrected chi connectivity index (χ2v) is 15.5. The molecule has 0 aliphatic heterocycles. The molecule has 2 aliphatic rings. The van der Waals surface area contributed by atoms with Crippen LogP contribution in [-0.2, 0) is 5.41 Å². The molecule has 0 atom stereocenters. The molecule has 0 radical (unpaired) electrons. The molecule has 0 bridgehead atoms. The van der Waals surface area contributed by atoms with Crippen LogP contribution in [0.2, 0.25) is 0 Å². The number of nitrogens with zero attached hydrogens (tertiary/aromatic N) is 1. The van der Waals surface area contributed by atoms with Crippen molar-refractivity contribution in [1.29, 1.82) is 0 Å². The Hall–Kier alpha value is -6.64. The molecule has 2 aliphatic carbocycles. The van der Waals surface area contributed by atoms with Gasteiger partial charge in [-0.3, -0.25) is 0 Å². The molecule has 0 saturated heterocycles. The number of rotatable bonds is 6. The average molecular weight is 720 g/mol. The molecule has 0 N–H and O–H groups in total. The summed E-state index contributed by atoms with van der Waals surface area (Å²) in [4.78, 5) is 2.47. The minimum Gasteiger partial charge on any atom is -0.455 e. The SMILES string of the molecule is c1ccc(-c2ccccc2N(c2ccc(-c3cccc4c3oc3ccccc34)cc2)c2ccccc2-c2cccc3c2-c2ccccc2C32CCCCC2)cc1. The minimum absolute atomic E-state index is 0.0905. The van der Waals surface area contributed by atoms with E-state index in [9.17, 15) is 0 Å². The highest BCUT2D eigenvalue weighted by Crippen LogP contribution is 2.59. The van der Waals surface area contributed by atoms with Crippen molar-refractivity contribution in [3.63, 3.8) is 0 Å². The topological polar surface area (TPSA) is 16.4 Å². The standard InChI is InChI=1S/C54H41NO/c1-3-17-37(18-4-1)40-19-6-10-28-49(40)55(39-33-31-38(32-34-39)41-23-15-25-45-43-21-8-12-30-51(43)56-53(41)45)50-29-11-7-20-42(50)44-24-16-27-48-52(44)46-22-5-9-26-47(46)54(48)35-13-2-14-36-54/h1,3-12,15-34H,2,13-14,35-36H2. The van der Waals surface area contributed by atoms with E-state index in [0.29, 0.717) is 0 Å². The van der Waals surface area contributed by atoms with Gasteiger partial charge < -0.3 is 9.32 Å². The fourth-order valence-corrected chi connectivity index (χ4v) is 10.0. The maximum atomic E-state index is 6.48. The molecular formula is C54H41NO. The Kier molecular flexibility index (Phi) is 7.77. The molecule has 0 unspecified atom stereocenters. The van der Waals surface area contributed by atoms with Gasteiger partial charge in [0.2, 0.25) is 0 Å². The van der Waals surface area contributed by atoms with Crippen molar-refractivity contribution in [2.24, 2.45) is 0 Å². The van der Waals surface area contributed by atoms with Gasteiger partial charge in [-0.1, -0.05) is 177 Å². The summed E-state index contributed by atoms with van der Waals surface area (Å²) in [5.74, 6) is 0. The van der Waals surface area contributed by atoms with Crippen LogP contribution >= 0.6 is 0 Å². The lowest BCUT2D eigenvalue weighted by Crippen LogP contribution is -2.27. The molecule has 11 rings (SSSR count). The van der Waals surface area contributed by atoms with Gasteiger partial charge in [-0.2, -0.15) is 0 Å². The van der Waals surface area contributed by atoms with Crippen LogP contribution in [0.4, 0.5) is 17.1 Å². The summed E-state index contributed by atoms with van der Waals surface area (Å²) < 4.78 is 6.48. The Balaban J connectivity index is 1.11. The van der Waals surface area contributed by atoms with Crippen LogP contribution in [0.5, 0.6) is 0 Å². The maximum absolute atomic E-state index is 6.48. The van der Waals surface area contributed by atoms with Crippen LogP contribution in [0.1, 0.15) is 43.2 Å². The largest absolute Gasteiger partial charge is 0.455 e. The molecule has 1 spiro atoms. The zero-order valence-corrected chi connectivity index (χ0v) is 31.3. The van der Waals surface area contributed by atoms with E-state index in [2.05, 4.69) is 187 Å². The Morgan fingerprint density at radius 1 is 0.393 bits per heavy atom. The zero-order chi connectivity index (χ0) is 37.1. The first-order valence-corrected chi connectivity index (χ1v) is 20.1. The van der Waals surface area contributed by atoms with Gasteiger partial charge in [0.1, 0.15) is 11.2 Å². The monoisotopic (exact) mass is 719 g/mol. The highest BCUT2D eigenvalue weighted by atomic mass is 16.3. The van der Waals surface area contributed by atoms with Crippen LogP contribution in [0, 0.1) is 0 Å². The van der Waals surface area contributed by atoms with E-state index in [4.69, 9.17) is 4.42 Å². The Morgan fingerprint density at radius 3 is 1.79 bits per heavy atom. The number of hydrogen-bond donors (Lipinski definition) is 0. The number of fused-ring (bicyclic) bond motifs is 8. The highest BCUT2D eigenvalue weighted by Gasteiger charge is 2.44. The van der Waals surface area contributed by atoms with E-state index in [-0.39, 0.29) is 5.41 Å². The van der Waals surface area contributed by atoms with Crippen molar-refractivity contribution in [2.45, 2.75) is 37.5 Å². The summed E-state index contributed by atoms with van der Waals surface area (Å²) >= 11 is 0. The van der Waals surface area contributed by atoms with Crippen LogP contribution in [-0.4, -0.2) is 0 Å². The predicted octanol–water partition coefficient (Wildman–Crippen LogP) is 15.3. The number of furan rings is 1. The van der Waals surface area contributed by atoms with Crippen LogP contribution < -0.4 is 4.90 Å². The molecule has 2 nitrogen and oxygen atoms in total. The predicted molar refractivity (Wildman–Crippen MR) is 234 cm³/mol. The van der Waals surface area contributed by atoms with E-state index in [1.807, 2.05) is 6.07 Å². The molecular weight excluding hydrogens is 679 g/mol. The molecule has 0 amide bonds. The molecule has 1 fully saturated rings. The Bertz CT molecular complexity index is 2890. The summed E-state index contributed by atoms with van der Waals surface area (Å²) in [6.07, 6.45) is 6.31. The molecule has 268 valence electrons. The third-order valence-electron chi connectivity index (χ3n) is 12.5. The van der Waals surface area contributed by atoms with Crippen molar-refractivity contribution in [2.75, 3.05) is 4.90 Å². The fraction of sp³-hybridized carbons (Fsp3) is 0.111. The van der Waals surface area contributed by atoms with Gasteiger partial charge in [0, 0.05) is 38.6 Å². The first-order valence-electron chi connectivity index (χ1n) is 20.1. The van der Waals surface area contributed by atoms with Gasteiger partial charge >= 0.3 is 0 Å². The summed E-state index contributed by atoms with van der Waals surface area (Å²) in [7, 11) is 0. The van der Waals surface area contributed by atoms with Gasteiger partial charge in [-0.15, -0.1) is 0 Å². The minimum atomic E-state index is 0.0905. The van der Waals surface area contributed by atoms with E-state index in [1.54, 1.807) is 0 Å². The number of hydrogen-bond acceptors (Lipinski definition) is 2. The van der Waals surface area contributed by atoms with Crippen molar-refractivity contribution >= 4 is 39.0 Å². The van der Waals surface area contributed by atoms with E-state index in [1.165, 1.54) is 76.6 Å². The quantitative estimate of drug-likeness (QED) is 0.170. The number of para-hydroxylation sites is 4. The molecule has 8 aromatic carbocycles. The van der Waals surface area contributed by atoms with Crippen molar-refractivity contribution in [3.05, 3.63) is 199 Å². The normalized spacial score (nSPS) is 14.2. The molecule has 1 heterocycles. The van der Waals surface area contributed by atoms with E-state index in [0.717, 1.165) is 50.1 Å². The van der Waals surface area contributed by atoms with Crippen LogP contribution in [0.15, 0.2) is 192 Å². The summed E-state index contributed by atoms with van der Waals surface area (Å²) in [6.45, 7) is 0. The van der Waals surface area contributed by atoms with Gasteiger partial charge in [0.05, 0.1) is 11.4 Å². The summed E-state index contributed by atoms with van der Waals surface area (Å²) in [6, 6.07) is 68.8. The second-order valence-electron chi connectivity index (χ2n) is 15.5. The Labute approximate surface area is 328 Å². The fourth-order valence-electron chi connectivity index (χ4n) is 10.0. The molecule has 1 saturated carbocycles. The van der Waals surface area contributed by atoms with Crippen LogP contribution in [0.3, 0.4) is 0 Å². The van der Waals surface area contributed by atoms with Crippen LogP contribution in [0.25, 0.3) is 66.4 Å². The average Bonchev–Trinajstić information content (AvgIpc) is 3.79. The molecule has 2 heteroatoms. The first-order chi connectivity index (χ1) is 27.8. The van der Waals surface area contributed by atoms with Gasteiger partial charge in [-0.25, -0.2) is 0 Å². The third-order valence-corrected chi connectivity index (χ3v) is 12.5. The number of anilines is 3. The lowest BCUT2D eigenvalue weighted by Gasteiger charge is -2.36. The zero-order valence-electron chi connectivity index (χ0n) is 31.3. The third kappa shape index (κ3) is 5.09. The van der Waals surface area contributed by atoms with Gasteiger partial charge in [0.15, 0.2) is 0 Å². The molecule has 9 aromatic rings. The lowest BCUT2D eigenvalue weighted by molar-refractivity contribution is 0.353. The first kappa shape index (κ1) is 32.8. The second kappa shape index (κ2) is 13.3. The Morgan fingerprint density at radius 2 is 0.964 bits per heavy atom. The molecule has 1 aromatic heterocycles. The van der Waals surface area contributed by atoms with Gasteiger partial charge in [-0.05, 0) is 82.1 Å². The van der Waals surface area contributed by atoms with Crippen molar-refractivity contribution < 1.29 is 4.42 Å². The summed E-state index contributed by atoms with van der Waals surface area (Å²) in [5, 5.41) is 2.28. The lowest BCUT2D eigenvalue weighted by atomic mass is 9.68. The smallest absolute Gasteiger partial charge is 0.143 e. The van der Waals surface area contributed by atoms with Crippen molar-refractivity contribution in [1.82, 2.24) is 0 Å². The number of benzene rings is 8. The van der Waals surface area contributed by atoms with E-state index < -0.39 is 0 Å². The van der Waals surface area contributed by atoms with Gasteiger partial charge in [0.25, 0.3) is 0 Å².